The molecule has 0 bridgehead atoms. The molecule has 3 rings (SSSR count). The Morgan fingerprint density at radius 3 is 2.90 bits per heavy atom. The maximum atomic E-state index is 12.0. The number of carbonyl (C=O) groups excluding carboxylic acids is 2. The highest BCUT2D eigenvalue weighted by Crippen LogP contribution is 2.37. The third-order valence-electron chi connectivity index (χ3n) is 4.39. The van der Waals surface area contributed by atoms with Crippen molar-refractivity contribution in [2.45, 2.75) is 44.7 Å². The van der Waals surface area contributed by atoms with Gasteiger partial charge in [0.2, 0.25) is 11.8 Å². The average molecular weight is 290 g/mol. The summed E-state index contributed by atoms with van der Waals surface area (Å²) in [6.45, 7) is 2.84. The lowest BCUT2D eigenvalue weighted by molar-refractivity contribution is -0.128. The Bertz CT molecular complexity index is 554. The van der Waals surface area contributed by atoms with E-state index >= 15 is 0 Å². The molecule has 1 saturated heterocycles. The van der Waals surface area contributed by atoms with Crippen molar-refractivity contribution < 1.29 is 9.59 Å². The number of nitrogens with zero attached hydrogens (tertiary/aromatic N) is 3. The maximum Gasteiger partial charge on any atom is 0.225 e. The van der Waals surface area contributed by atoms with E-state index in [4.69, 9.17) is 0 Å². The number of hydrogen-bond acceptors (Lipinski definition) is 3. The van der Waals surface area contributed by atoms with Gasteiger partial charge in [0.15, 0.2) is 0 Å². The van der Waals surface area contributed by atoms with Gasteiger partial charge in [0.05, 0.1) is 12.2 Å². The summed E-state index contributed by atoms with van der Waals surface area (Å²) >= 11 is 0. The molecule has 1 aromatic rings. The van der Waals surface area contributed by atoms with Gasteiger partial charge in [0.25, 0.3) is 0 Å². The van der Waals surface area contributed by atoms with Crippen LogP contribution in [0.25, 0.3) is 0 Å². The Labute approximate surface area is 124 Å². The largest absolute Gasteiger partial charge is 0.351 e. The summed E-state index contributed by atoms with van der Waals surface area (Å²) in [5.41, 5.74) is 1.06. The SMILES string of the molecule is CC1CC1N1CC(NC(=O)CCc2cnn(C)c2)CC1=O. The second kappa shape index (κ2) is 5.50. The van der Waals surface area contributed by atoms with E-state index in [0.29, 0.717) is 37.8 Å². The van der Waals surface area contributed by atoms with Gasteiger partial charge < -0.3 is 10.2 Å². The molecule has 1 aliphatic heterocycles. The van der Waals surface area contributed by atoms with Crippen LogP contribution in [0.3, 0.4) is 0 Å². The van der Waals surface area contributed by atoms with Crippen LogP contribution in [0.15, 0.2) is 12.4 Å². The number of likely N-dealkylation sites (tertiary alicyclic amines) is 1. The molecular weight excluding hydrogens is 268 g/mol. The second-order valence-electron chi connectivity index (χ2n) is 6.32. The van der Waals surface area contributed by atoms with Crippen molar-refractivity contribution in [2.75, 3.05) is 6.54 Å². The fourth-order valence-electron chi connectivity index (χ4n) is 3.04. The molecule has 1 aromatic heterocycles. The van der Waals surface area contributed by atoms with Crippen molar-refractivity contribution in [2.24, 2.45) is 13.0 Å². The number of hydrogen-bond donors (Lipinski definition) is 1. The summed E-state index contributed by atoms with van der Waals surface area (Å²) < 4.78 is 1.73. The topological polar surface area (TPSA) is 67.2 Å². The molecule has 1 N–H and O–H groups in total. The number of carbonyl (C=O) groups is 2. The number of rotatable bonds is 5. The van der Waals surface area contributed by atoms with Crippen molar-refractivity contribution in [1.82, 2.24) is 20.0 Å². The van der Waals surface area contributed by atoms with Gasteiger partial charge in [0, 0.05) is 38.7 Å². The van der Waals surface area contributed by atoms with Gasteiger partial charge in [-0.25, -0.2) is 0 Å². The van der Waals surface area contributed by atoms with Crippen molar-refractivity contribution in [3.05, 3.63) is 18.0 Å². The minimum atomic E-state index is -0.0216. The molecule has 0 radical (unpaired) electrons. The summed E-state index contributed by atoms with van der Waals surface area (Å²) in [5, 5.41) is 7.07. The first-order chi connectivity index (χ1) is 10.0. The second-order valence-corrected chi connectivity index (χ2v) is 6.32. The standard InChI is InChI=1S/C15H22N4O2/c1-10-5-13(10)19-9-12(6-15(19)21)17-14(20)4-3-11-7-16-18(2)8-11/h7-8,10,12-13H,3-6,9H2,1-2H3,(H,17,20). The van der Waals surface area contributed by atoms with Crippen LogP contribution in [0.4, 0.5) is 0 Å². The van der Waals surface area contributed by atoms with Crippen LogP contribution in [0, 0.1) is 5.92 Å². The summed E-state index contributed by atoms with van der Waals surface area (Å²) in [4.78, 5) is 25.9. The van der Waals surface area contributed by atoms with Crippen LogP contribution in [0.2, 0.25) is 0 Å². The Morgan fingerprint density at radius 1 is 1.52 bits per heavy atom. The lowest BCUT2D eigenvalue weighted by Gasteiger charge is -2.16. The summed E-state index contributed by atoms with van der Waals surface area (Å²) in [6, 6.07) is 0.390. The molecule has 1 saturated carbocycles. The van der Waals surface area contributed by atoms with Crippen LogP contribution >= 0.6 is 0 Å². The lowest BCUT2D eigenvalue weighted by atomic mass is 10.2. The fraction of sp³-hybridized carbons (Fsp3) is 0.667. The van der Waals surface area contributed by atoms with E-state index in [9.17, 15) is 9.59 Å². The van der Waals surface area contributed by atoms with Crippen LogP contribution in [-0.2, 0) is 23.1 Å². The zero-order valence-electron chi connectivity index (χ0n) is 12.6. The Kier molecular flexibility index (Phi) is 3.69. The molecule has 2 aliphatic rings. The molecule has 0 spiro atoms. The fourth-order valence-corrected chi connectivity index (χ4v) is 3.04. The first-order valence-corrected chi connectivity index (χ1v) is 7.59. The van der Waals surface area contributed by atoms with Crippen molar-refractivity contribution in [1.29, 1.82) is 0 Å². The lowest BCUT2D eigenvalue weighted by Crippen LogP contribution is -2.37. The van der Waals surface area contributed by atoms with E-state index in [1.54, 1.807) is 10.9 Å². The molecule has 2 heterocycles. The minimum absolute atomic E-state index is 0.0161. The third-order valence-corrected chi connectivity index (χ3v) is 4.39. The zero-order valence-corrected chi connectivity index (χ0v) is 12.6. The van der Waals surface area contributed by atoms with Gasteiger partial charge in [-0.3, -0.25) is 14.3 Å². The zero-order chi connectivity index (χ0) is 15.0. The molecule has 3 unspecified atom stereocenters. The molecule has 3 atom stereocenters. The Morgan fingerprint density at radius 2 is 2.29 bits per heavy atom. The number of amides is 2. The quantitative estimate of drug-likeness (QED) is 0.857. The van der Waals surface area contributed by atoms with E-state index < -0.39 is 0 Å². The van der Waals surface area contributed by atoms with Crippen molar-refractivity contribution in [3.63, 3.8) is 0 Å². The van der Waals surface area contributed by atoms with Gasteiger partial charge in [-0.05, 0) is 24.3 Å². The third kappa shape index (κ3) is 3.25. The molecule has 0 aromatic carbocycles. The van der Waals surface area contributed by atoms with Gasteiger partial charge in [-0.1, -0.05) is 6.92 Å². The van der Waals surface area contributed by atoms with E-state index in [0.717, 1.165) is 12.0 Å². The summed E-state index contributed by atoms with van der Waals surface area (Å²) in [6.07, 6.45) is 6.38. The van der Waals surface area contributed by atoms with E-state index in [2.05, 4.69) is 17.3 Å². The molecule has 114 valence electrons. The molecular formula is C15H22N4O2. The van der Waals surface area contributed by atoms with Crippen LogP contribution in [0.1, 0.15) is 31.7 Å². The first-order valence-electron chi connectivity index (χ1n) is 7.59. The van der Waals surface area contributed by atoms with Crippen molar-refractivity contribution >= 4 is 11.8 Å². The molecule has 6 nitrogen and oxygen atoms in total. The normalized spacial score (nSPS) is 28.0. The summed E-state index contributed by atoms with van der Waals surface area (Å²) in [5.74, 6) is 0.818. The highest BCUT2D eigenvalue weighted by atomic mass is 16.2. The highest BCUT2D eigenvalue weighted by Gasteiger charge is 2.44. The predicted molar refractivity (Wildman–Crippen MR) is 77.4 cm³/mol. The number of aryl methyl sites for hydroxylation is 2. The summed E-state index contributed by atoms with van der Waals surface area (Å²) in [7, 11) is 1.86. The highest BCUT2D eigenvalue weighted by molar-refractivity contribution is 5.82. The van der Waals surface area contributed by atoms with Gasteiger partial charge in [-0.2, -0.15) is 5.10 Å². The predicted octanol–water partition coefficient (Wildman–Crippen LogP) is 0.478. The van der Waals surface area contributed by atoms with Gasteiger partial charge in [-0.15, -0.1) is 0 Å². The average Bonchev–Trinajstić information content (AvgIpc) is 2.82. The van der Waals surface area contributed by atoms with Crippen LogP contribution in [-0.4, -0.2) is 45.1 Å². The Hall–Kier alpha value is -1.85. The molecule has 1 aliphatic carbocycles. The monoisotopic (exact) mass is 290 g/mol. The van der Waals surface area contributed by atoms with E-state index in [1.807, 2.05) is 18.1 Å². The number of aromatic nitrogens is 2. The number of nitrogens with one attached hydrogen (secondary N) is 1. The Balaban J connectivity index is 1.44. The molecule has 2 amide bonds. The maximum absolute atomic E-state index is 12.0. The smallest absolute Gasteiger partial charge is 0.225 e. The van der Waals surface area contributed by atoms with Crippen LogP contribution < -0.4 is 5.32 Å². The van der Waals surface area contributed by atoms with Crippen LogP contribution in [0.5, 0.6) is 0 Å². The molecule has 6 heteroatoms. The van der Waals surface area contributed by atoms with E-state index in [1.165, 1.54) is 0 Å². The van der Waals surface area contributed by atoms with Gasteiger partial charge >= 0.3 is 0 Å². The van der Waals surface area contributed by atoms with Crippen molar-refractivity contribution in [3.8, 4) is 0 Å². The minimum Gasteiger partial charge on any atom is -0.351 e. The van der Waals surface area contributed by atoms with Gasteiger partial charge in [0.1, 0.15) is 0 Å². The first kappa shape index (κ1) is 14.1. The molecule has 21 heavy (non-hydrogen) atoms. The van der Waals surface area contributed by atoms with E-state index in [-0.39, 0.29) is 17.9 Å². The molecule has 2 fully saturated rings.